The zero-order valence-corrected chi connectivity index (χ0v) is 17.6. The van der Waals surface area contributed by atoms with Gasteiger partial charge in [-0.2, -0.15) is 0 Å². The summed E-state index contributed by atoms with van der Waals surface area (Å²) in [5.41, 5.74) is 3.60. The highest BCUT2D eigenvalue weighted by Crippen LogP contribution is 2.31. The van der Waals surface area contributed by atoms with Crippen molar-refractivity contribution in [3.63, 3.8) is 0 Å². The minimum atomic E-state index is -0.587. The van der Waals surface area contributed by atoms with Gasteiger partial charge < -0.3 is 10.1 Å². The van der Waals surface area contributed by atoms with E-state index < -0.39 is 17.6 Å². The number of nitrogens with zero attached hydrogens (tertiary/aromatic N) is 1. The smallest absolute Gasteiger partial charge is 0.337 e. The lowest BCUT2D eigenvalue weighted by molar-refractivity contribution is -0.145. The van der Waals surface area contributed by atoms with Gasteiger partial charge in [0.15, 0.2) is 0 Å². The highest BCUT2D eigenvalue weighted by atomic mass is 16.7. The molecule has 3 amide bonds. The topological polar surface area (TPSA) is 97.0 Å². The van der Waals surface area contributed by atoms with Gasteiger partial charge in [-0.25, -0.2) is 15.1 Å². The molecule has 0 bridgehead atoms. The van der Waals surface area contributed by atoms with E-state index in [9.17, 15) is 14.4 Å². The van der Waals surface area contributed by atoms with Gasteiger partial charge in [-0.05, 0) is 39.7 Å². The van der Waals surface area contributed by atoms with E-state index in [1.54, 1.807) is 6.92 Å². The highest BCUT2D eigenvalue weighted by Gasteiger charge is 2.35. The number of ether oxygens (including phenoxy) is 1. The summed E-state index contributed by atoms with van der Waals surface area (Å²) in [6.07, 6.45) is 0.595. The van der Waals surface area contributed by atoms with Crippen molar-refractivity contribution in [2.45, 2.75) is 52.2 Å². The van der Waals surface area contributed by atoms with E-state index in [1.807, 2.05) is 51.1 Å². The van der Waals surface area contributed by atoms with Crippen LogP contribution in [0.2, 0.25) is 0 Å². The van der Waals surface area contributed by atoms with Gasteiger partial charge in [-0.15, -0.1) is 0 Å². The second kappa shape index (κ2) is 9.56. The third kappa shape index (κ3) is 6.05. The monoisotopic (exact) mass is 403 g/mol. The maximum atomic E-state index is 12.7. The van der Waals surface area contributed by atoms with E-state index in [0.29, 0.717) is 17.7 Å². The molecule has 0 radical (unpaired) electrons. The molecule has 1 atom stereocenters. The number of carbonyl (C=O) groups excluding carboxylic acids is 3. The first kappa shape index (κ1) is 22.4. The largest absolute Gasteiger partial charge is 0.466 e. The molecule has 158 valence electrons. The number of hydrogen-bond donors (Lipinski definition) is 2. The van der Waals surface area contributed by atoms with Crippen molar-refractivity contribution >= 4 is 17.9 Å². The number of urea groups is 1. The lowest BCUT2D eigenvalue weighted by atomic mass is 9.95. The predicted molar refractivity (Wildman–Crippen MR) is 107 cm³/mol. The zero-order valence-electron chi connectivity index (χ0n) is 17.6. The van der Waals surface area contributed by atoms with Gasteiger partial charge in [-0.1, -0.05) is 30.3 Å². The number of methoxy groups -OCH3 is 1. The SMILES string of the molecule is COC(=O)C1=C(C)N(CCCC(=O)NOC(C)(C)C)C(=O)NC1c1ccccc1. The van der Waals surface area contributed by atoms with E-state index in [4.69, 9.17) is 9.57 Å². The summed E-state index contributed by atoms with van der Waals surface area (Å²) >= 11 is 0. The van der Waals surface area contributed by atoms with Crippen molar-refractivity contribution in [1.29, 1.82) is 0 Å². The normalized spacial score (nSPS) is 17.1. The molecule has 2 N–H and O–H groups in total. The van der Waals surface area contributed by atoms with Crippen LogP contribution in [0.1, 0.15) is 52.1 Å². The van der Waals surface area contributed by atoms with Gasteiger partial charge in [0, 0.05) is 18.7 Å². The Morgan fingerprint density at radius 1 is 1.21 bits per heavy atom. The van der Waals surface area contributed by atoms with Crippen LogP contribution < -0.4 is 10.8 Å². The Bertz CT molecular complexity index is 783. The molecular formula is C21H29N3O5. The number of esters is 1. The Morgan fingerprint density at radius 3 is 2.45 bits per heavy atom. The minimum absolute atomic E-state index is 0.183. The van der Waals surface area contributed by atoms with Crippen molar-refractivity contribution in [2.24, 2.45) is 0 Å². The summed E-state index contributed by atoms with van der Waals surface area (Å²) in [4.78, 5) is 43.7. The summed E-state index contributed by atoms with van der Waals surface area (Å²) in [6.45, 7) is 7.48. The average molecular weight is 403 g/mol. The van der Waals surface area contributed by atoms with E-state index in [-0.39, 0.29) is 24.9 Å². The number of carbonyl (C=O) groups is 3. The third-order valence-electron chi connectivity index (χ3n) is 4.39. The second-order valence-corrected chi connectivity index (χ2v) is 7.78. The van der Waals surface area contributed by atoms with Crippen molar-refractivity contribution < 1.29 is 24.0 Å². The third-order valence-corrected chi connectivity index (χ3v) is 4.39. The van der Waals surface area contributed by atoms with Crippen LogP contribution in [0.5, 0.6) is 0 Å². The summed E-state index contributed by atoms with van der Waals surface area (Å²) < 4.78 is 4.95. The van der Waals surface area contributed by atoms with Crippen molar-refractivity contribution in [3.8, 4) is 0 Å². The quantitative estimate of drug-likeness (QED) is 0.539. The molecule has 0 fully saturated rings. The Kier molecular flexibility index (Phi) is 7.39. The number of allylic oxidation sites excluding steroid dienone is 1. The van der Waals surface area contributed by atoms with E-state index in [1.165, 1.54) is 12.0 Å². The van der Waals surface area contributed by atoms with Crippen molar-refractivity contribution in [2.75, 3.05) is 13.7 Å². The van der Waals surface area contributed by atoms with Crippen LogP contribution in [0, 0.1) is 0 Å². The Balaban J connectivity index is 2.11. The summed E-state index contributed by atoms with van der Waals surface area (Å²) in [7, 11) is 1.31. The number of amides is 3. The van der Waals surface area contributed by atoms with Gasteiger partial charge in [0.1, 0.15) is 0 Å². The molecule has 8 heteroatoms. The van der Waals surface area contributed by atoms with Gasteiger partial charge in [0.05, 0.1) is 24.3 Å². The van der Waals surface area contributed by atoms with Crippen LogP contribution in [-0.2, 0) is 19.2 Å². The van der Waals surface area contributed by atoms with Gasteiger partial charge >= 0.3 is 12.0 Å². The lowest BCUT2D eigenvalue weighted by Gasteiger charge is -2.35. The lowest BCUT2D eigenvalue weighted by Crippen LogP contribution is -2.48. The fraction of sp³-hybridized carbons (Fsp3) is 0.476. The first-order chi connectivity index (χ1) is 13.6. The molecule has 1 aliphatic rings. The summed E-state index contributed by atoms with van der Waals surface area (Å²) in [6, 6.07) is 8.33. The Labute approximate surface area is 171 Å². The summed E-state index contributed by atoms with van der Waals surface area (Å²) in [5.74, 6) is -0.771. The molecule has 1 aliphatic heterocycles. The molecule has 1 aromatic rings. The van der Waals surface area contributed by atoms with Gasteiger partial charge in [0.25, 0.3) is 0 Å². The molecule has 2 rings (SSSR count). The van der Waals surface area contributed by atoms with E-state index >= 15 is 0 Å². The minimum Gasteiger partial charge on any atom is -0.466 e. The molecule has 1 aromatic carbocycles. The predicted octanol–water partition coefficient (Wildman–Crippen LogP) is 2.83. The number of nitrogens with one attached hydrogen (secondary N) is 2. The highest BCUT2D eigenvalue weighted by molar-refractivity contribution is 5.95. The van der Waals surface area contributed by atoms with Crippen LogP contribution in [0.25, 0.3) is 0 Å². The summed E-state index contributed by atoms with van der Waals surface area (Å²) in [5, 5.41) is 2.86. The number of rotatable bonds is 7. The number of hydroxylamine groups is 1. The fourth-order valence-electron chi connectivity index (χ4n) is 2.98. The van der Waals surface area contributed by atoms with Crippen LogP contribution in [0.15, 0.2) is 41.6 Å². The molecule has 0 aromatic heterocycles. The standard InChI is InChI=1S/C21H29N3O5/c1-14-17(19(26)28-5)18(15-10-7-6-8-11-15)22-20(27)24(14)13-9-12-16(25)23-29-21(2,3)4/h6-8,10-11,18H,9,12-13H2,1-5H3,(H,22,27)(H,23,25). The van der Waals surface area contributed by atoms with Crippen LogP contribution in [0.4, 0.5) is 4.79 Å². The van der Waals surface area contributed by atoms with E-state index in [2.05, 4.69) is 10.8 Å². The van der Waals surface area contributed by atoms with Gasteiger partial charge in [-0.3, -0.25) is 14.5 Å². The number of hydrogen-bond acceptors (Lipinski definition) is 5. The Morgan fingerprint density at radius 2 is 1.86 bits per heavy atom. The van der Waals surface area contributed by atoms with Gasteiger partial charge in [0.2, 0.25) is 5.91 Å². The first-order valence-corrected chi connectivity index (χ1v) is 9.53. The zero-order chi connectivity index (χ0) is 21.6. The number of benzene rings is 1. The first-order valence-electron chi connectivity index (χ1n) is 9.53. The van der Waals surface area contributed by atoms with Crippen LogP contribution in [0.3, 0.4) is 0 Å². The maximum Gasteiger partial charge on any atom is 0.337 e. The van der Waals surface area contributed by atoms with Crippen molar-refractivity contribution in [1.82, 2.24) is 15.7 Å². The molecule has 29 heavy (non-hydrogen) atoms. The average Bonchev–Trinajstić information content (AvgIpc) is 2.68. The van der Waals surface area contributed by atoms with Crippen LogP contribution in [-0.4, -0.2) is 42.1 Å². The molecule has 1 unspecified atom stereocenters. The van der Waals surface area contributed by atoms with E-state index in [0.717, 1.165) is 5.56 Å². The molecular weight excluding hydrogens is 374 g/mol. The maximum absolute atomic E-state index is 12.7. The molecule has 1 heterocycles. The van der Waals surface area contributed by atoms with Crippen LogP contribution >= 0.6 is 0 Å². The fourth-order valence-corrected chi connectivity index (χ4v) is 2.98. The molecule has 0 saturated carbocycles. The molecule has 0 spiro atoms. The second-order valence-electron chi connectivity index (χ2n) is 7.78. The molecule has 0 aliphatic carbocycles. The van der Waals surface area contributed by atoms with Crippen molar-refractivity contribution in [3.05, 3.63) is 47.2 Å². The molecule has 0 saturated heterocycles. The molecule has 8 nitrogen and oxygen atoms in total. The Hall–Kier alpha value is -2.87.